The van der Waals surface area contributed by atoms with Crippen molar-refractivity contribution in [1.82, 2.24) is 4.90 Å². The van der Waals surface area contributed by atoms with Crippen molar-refractivity contribution in [3.05, 3.63) is 324 Å². The van der Waals surface area contributed by atoms with Gasteiger partial charge in [0.25, 0.3) is 0 Å². The molecule has 2 heteroatoms. The standard InChI is InChI=1S/C66H68N2/c1-10-17-20-21-26-44-63(54(14-5)35-19-12-3)68-50-32-31-42-60(15-6)67-65(68)57-47-45-56(46-48-57)64(62-43-30-29-37-55(62)36-23-18-11-2)61(16-7)53(13-4)39-33-49-66(9,59-40-24-22-25-41-59)51-58-38-28-27-34-52(58)8/h10-25,27-50H,4-5,7,26,51H2,1-3,6,8-9H3/b17-10-,18-11+,19-12-,21-20-,36-23-,42-31-,49-33+,50-32-,53-39+,54-35+,60-15-,63-44+,64-61-,67-65?. The lowest BCUT2D eigenvalue weighted by atomic mass is 9.76. The van der Waals surface area contributed by atoms with Gasteiger partial charge in [0.2, 0.25) is 0 Å². The van der Waals surface area contributed by atoms with E-state index in [0.717, 1.165) is 74.6 Å². The first kappa shape index (κ1) is 51.2. The molecule has 5 rings (SSSR count). The van der Waals surface area contributed by atoms with Crippen LogP contribution in [0.4, 0.5) is 0 Å². The van der Waals surface area contributed by atoms with E-state index in [0.29, 0.717) is 0 Å². The van der Waals surface area contributed by atoms with Gasteiger partial charge in [0.05, 0.1) is 11.4 Å². The minimum absolute atomic E-state index is 0.268. The summed E-state index contributed by atoms with van der Waals surface area (Å²) in [5.74, 6) is 0.787. The van der Waals surface area contributed by atoms with Gasteiger partial charge in [-0.25, -0.2) is 4.99 Å². The highest BCUT2D eigenvalue weighted by atomic mass is 15.2. The van der Waals surface area contributed by atoms with Crippen LogP contribution in [0.25, 0.3) is 11.6 Å². The molecule has 0 aromatic heterocycles. The lowest BCUT2D eigenvalue weighted by molar-refractivity contribution is 0.589. The Morgan fingerprint density at radius 1 is 0.676 bits per heavy atom. The third kappa shape index (κ3) is 13.9. The van der Waals surface area contributed by atoms with E-state index in [1.807, 2.05) is 94.5 Å². The fraction of sp³-hybridized carbons (Fsp3) is 0.136. The number of rotatable bonds is 20. The summed E-state index contributed by atoms with van der Waals surface area (Å²) in [7, 11) is 0. The van der Waals surface area contributed by atoms with E-state index >= 15 is 0 Å². The topological polar surface area (TPSA) is 15.6 Å². The monoisotopic (exact) mass is 889 g/mol. The highest BCUT2D eigenvalue weighted by molar-refractivity contribution is 6.02. The van der Waals surface area contributed by atoms with E-state index in [2.05, 4.69) is 215 Å². The molecule has 0 radical (unpaired) electrons. The van der Waals surface area contributed by atoms with Crippen LogP contribution in [0.15, 0.2) is 290 Å². The van der Waals surface area contributed by atoms with Crippen LogP contribution < -0.4 is 0 Å². The van der Waals surface area contributed by atoms with Gasteiger partial charge in [-0.1, -0.05) is 251 Å². The molecule has 0 bridgehead atoms. The Morgan fingerprint density at radius 2 is 1.35 bits per heavy atom. The van der Waals surface area contributed by atoms with Crippen LogP contribution in [0.1, 0.15) is 80.0 Å². The second-order valence-corrected chi connectivity index (χ2v) is 16.5. The molecule has 0 aliphatic carbocycles. The average Bonchev–Trinajstić information content (AvgIpc) is 3.36. The van der Waals surface area contributed by atoms with Crippen molar-refractivity contribution in [2.24, 2.45) is 4.99 Å². The second kappa shape index (κ2) is 27.0. The molecule has 2 nitrogen and oxygen atoms in total. The SMILES string of the molecule is C=CC(=C(\c1ccc(C2=NC(=C\C)/C=C\C=C/N2C(=C/C/C=C\C=C/C)/C(C=C)=C/C=C\C)cc1)c1ccccc1/C=C\C=C\C)/C(C=C)=C/C=C/C(C)(Cc1ccccc1C)c1ccccc1. The van der Waals surface area contributed by atoms with E-state index in [4.69, 9.17) is 4.99 Å². The first-order valence-electron chi connectivity index (χ1n) is 23.6. The third-order valence-electron chi connectivity index (χ3n) is 11.7. The van der Waals surface area contributed by atoms with E-state index in [9.17, 15) is 0 Å². The molecule has 1 atom stereocenters. The summed E-state index contributed by atoms with van der Waals surface area (Å²) < 4.78 is 0. The number of nitrogens with zero attached hydrogens (tertiary/aromatic N) is 2. The number of benzene rings is 4. The fourth-order valence-corrected chi connectivity index (χ4v) is 8.05. The molecule has 1 aliphatic heterocycles. The molecule has 0 saturated heterocycles. The Morgan fingerprint density at radius 3 is 2.04 bits per heavy atom. The molecule has 0 spiro atoms. The van der Waals surface area contributed by atoms with Gasteiger partial charge in [0.1, 0.15) is 5.84 Å². The van der Waals surface area contributed by atoms with Gasteiger partial charge < -0.3 is 4.90 Å². The van der Waals surface area contributed by atoms with Crippen molar-refractivity contribution in [3.63, 3.8) is 0 Å². The van der Waals surface area contributed by atoms with Crippen molar-refractivity contribution >= 4 is 17.5 Å². The molecule has 4 aromatic carbocycles. The maximum absolute atomic E-state index is 5.31. The van der Waals surface area contributed by atoms with E-state index in [1.165, 1.54) is 16.7 Å². The summed E-state index contributed by atoms with van der Waals surface area (Å²) in [5.41, 5.74) is 13.5. The summed E-state index contributed by atoms with van der Waals surface area (Å²) in [6.07, 6.45) is 49.4. The van der Waals surface area contributed by atoms with Crippen LogP contribution >= 0.6 is 0 Å². The molecule has 1 aliphatic rings. The Bertz CT molecular complexity index is 2810. The summed E-state index contributed by atoms with van der Waals surface area (Å²) in [6, 6.07) is 36.8. The highest BCUT2D eigenvalue weighted by Crippen LogP contribution is 2.36. The van der Waals surface area contributed by atoms with Gasteiger partial charge in [-0.05, 0) is 115 Å². The molecule has 0 amide bonds. The number of aliphatic imine (C=N–C) groups is 1. The van der Waals surface area contributed by atoms with Crippen LogP contribution in [-0.2, 0) is 11.8 Å². The van der Waals surface area contributed by atoms with Crippen LogP contribution in [0.5, 0.6) is 0 Å². The number of aryl methyl sites for hydroxylation is 1. The van der Waals surface area contributed by atoms with Gasteiger partial charge in [-0.15, -0.1) is 0 Å². The predicted molar refractivity (Wildman–Crippen MR) is 299 cm³/mol. The smallest absolute Gasteiger partial charge is 0.145 e. The molecule has 0 fully saturated rings. The van der Waals surface area contributed by atoms with Gasteiger partial charge in [0, 0.05) is 17.2 Å². The molecule has 1 heterocycles. The zero-order valence-electron chi connectivity index (χ0n) is 41.0. The van der Waals surface area contributed by atoms with Gasteiger partial charge in [0.15, 0.2) is 0 Å². The second-order valence-electron chi connectivity index (χ2n) is 16.5. The van der Waals surface area contributed by atoms with E-state index in [1.54, 1.807) is 0 Å². The van der Waals surface area contributed by atoms with Crippen molar-refractivity contribution < 1.29 is 0 Å². The first-order chi connectivity index (χ1) is 33.2. The summed E-state index contributed by atoms with van der Waals surface area (Å²) in [5, 5.41) is 0. The predicted octanol–water partition coefficient (Wildman–Crippen LogP) is 17.6. The third-order valence-corrected chi connectivity index (χ3v) is 11.7. The lowest BCUT2D eigenvalue weighted by Gasteiger charge is -2.28. The molecular weight excluding hydrogens is 821 g/mol. The molecule has 0 N–H and O–H groups in total. The summed E-state index contributed by atoms with van der Waals surface area (Å²) >= 11 is 0. The van der Waals surface area contributed by atoms with E-state index < -0.39 is 0 Å². The van der Waals surface area contributed by atoms with Crippen LogP contribution in [-0.4, -0.2) is 10.7 Å². The maximum atomic E-state index is 5.31. The largest absolute Gasteiger partial charge is 0.301 e. The van der Waals surface area contributed by atoms with Crippen molar-refractivity contribution in [2.75, 3.05) is 0 Å². The van der Waals surface area contributed by atoms with Crippen LogP contribution in [0.2, 0.25) is 0 Å². The fourth-order valence-electron chi connectivity index (χ4n) is 8.05. The summed E-state index contributed by atoms with van der Waals surface area (Å²) in [4.78, 5) is 7.48. The molecular formula is C66H68N2. The van der Waals surface area contributed by atoms with Crippen molar-refractivity contribution in [2.45, 2.75) is 59.8 Å². The number of hydrogen-bond acceptors (Lipinski definition) is 2. The van der Waals surface area contributed by atoms with Crippen molar-refractivity contribution in [1.29, 1.82) is 0 Å². The van der Waals surface area contributed by atoms with Crippen molar-refractivity contribution in [3.8, 4) is 0 Å². The Kier molecular flexibility index (Phi) is 20.3. The van der Waals surface area contributed by atoms with Crippen LogP contribution in [0, 0.1) is 6.92 Å². The van der Waals surface area contributed by atoms with Gasteiger partial charge in [-0.3, -0.25) is 0 Å². The quantitative estimate of drug-likeness (QED) is 0.0807. The van der Waals surface area contributed by atoms with E-state index in [-0.39, 0.29) is 5.41 Å². The Balaban J connectivity index is 1.73. The maximum Gasteiger partial charge on any atom is 0.145 e. The zero-order chi connectivity index (χ0) is 48.6. The first-order valence-corrected chi connectivity index (χ1v) is 23.6. The Hall–Kier alpha value is -7.81. The minimum atomic E-state index is -0.268. The summed E-state index contributed by atoms with van der Waals surface area (Å²) in [6.45, 7) is 25.6. The number of amidine groups is 1. The number of hydrogen-bond donors (Lipinski definition) is 0. The van der Waals surface area contributed by atoms with Gasteiger partial charge in [-0.2, -0.15) is 0 Å². The Labute approximate surface area is 409 Å². The normalized spacial score (nSPS) is 17.0. The molecule has 68 heavy (non-hydrogen) atoms. The van der Waals surface area contributed by atoms with Gasteiger partial charge >= 0.3 is 0 Å². The lowest BCUT2D eigenvalue weighted by Crippen LogP contribution is -2.27. The van der Waals surface area contributed by atoms with Crippen LogP contribution in [0.3, 0.4) is 0 Å². The molecule has 0 saturated carbocycles. The molecule has 4 aromatic rings. The minimum Gasteiger partial charge on any atom is -0.301 e. The average molecular weight is 889 g/mol. The number of allylic oxidation sites excluding steroid dienone is 23. The molecule has 1 unspecified atom stereocenters. The zero-order valence-corrected chi connectivity index (χ0v) is 41.0. The highest BCUT2D eigenvalue weighted by Gasteiger charge is 2.25. The molecule has 342 valence electrons.